The standard InChI is InChI=1S/C27H35N3O4/c1-17-6-11-24(26(31)28-17)30-13-19-12-20(9-10-22(19)27(30)32)34-25-5-3-2-4-23(25)29-14-21(15-29)33-16-18-7-8-18/h9-10,12,18,21,23-25H,1-8,11,13-16H2,(H,28,31)/t23-,24?,25+/m1/s1. The molecule has 7 heteroatoms. The molecular formula is C27H35N3O4. The number of amides is 2. The third kappa shape index (κ3) is 4.36. The number of rotatable bonds is 7. The summed E-state index contributed by atoms with van der Waals surface area (Å²) >= 11 is 0. The van der Waals surface area contributed by atoms with E-state index in [1.807, 2.05) is 18.2 Å². The molecule has 0 aromatic heterocycles. The highest BCUT2D eigenvalue weighted by Crippen LogP contribution is 2.35. The summed E-state index contributed by atoms with van der Waals surface area (Å²) in [7, 11) is 0. The largest absolute Gasteiger partial charge is 0.489 e. The van der Waals surface area contributed by atoms with Gasteiger partial charge in [0.15, 0.2) is 0 Å². The first-order chi connectivity index (χ1) is 16.5. The Morgan fingerprint density at radius 1 is 1.06 bits per heavy atom. The Morgan fingerprint density at radius 3 is 2.68 bits per heavy atom. The van der Waals surface area contributed by atoms with Crippen LogP contribution in [-0.4, -0.2) is 65.6 Å². The topological polar surface area (TPSA) is 71.1 Å². The lowest BCUT2D eigenvalue weighted by molar-refractivity contribution is -0.126. The normalized spacial score (nSPS) is 30.2. The minimum Gasteiger partial charge on any atom is -0.489 e. The Balaban J connectivity index is 1.09. The number of carbonyl (C=O) groups is 2. The predicted molar refractivity (Wildman–Crippen MR) is 127 cm³/mol. The molecule has 5 aliphatic rings. The molecule has 1 unspecified atom stereocenters. The number of likely N-dealkylation sites (tertiary alicyclic amines) is 1. The summed E-state index contributed by atoms with van der Waals surface area (Å²) in [5, 5.41) is 2.80. The van der Waals surface area contributed by atoms with E-state index in [0.717, 1.165) is 49.0 Å². The zero-order valence-electron chi connectivity index (χ0n) is 19.8. The van der Waals surface area contributed by atoms with E-state index in [2.05, 4.69) is 16.8 Å². The number of ether oxygens (including phenoxy) is 2. The third-order valence-electron chi connectivity index (χ3n) is 8.17. The maximum Gasteiger partial charge on any atom is 0.255 e. The van der Waals surface area contributed by atoms with Crippen LogP contribution >= 0.6 is 0 Å². The molecule has 1 aromatic carbocycles. The van der Waals surface area contributed by atoms with Gasteiger partial charge in [-0.3, -0.25) is 14.5 Å². The SMILES string of the molecule is C=C1CCC(N2Cc3cc(O[C@H]4CCCC[C@H]4N4CC(OCC5CC5)C4)ccc3C2=O)C(=O)N1. The average Bonchev–Trinajstić information content (AvgIpc) is 3.57. The van der Waals surface area contributed by atoms with Gasteiger partial charge in [-0.25, -0.2) is 0 Å². The summed E-state index contributed by atoms with van der Waals surface area (Å²) < 4.78 is 12.6. The van der Waals surface area contributed by atoms with Gasteiger partial charge in [0.1, 0.15) is 17.9 Å². The first-order valence-corrected chi connectivity index (χ1v) is 13.0. The van der Waals surface area contributed by atoms with Crippen molar-refractivity contribution in [3.8, 4) is 5.75 Å². The summed E-state index contributed by atoms with van der Waals surface area (Å²) in [6, 6.07) is 5.80. The number of hydrogen-bond donors (Lipinski definition) is 1. The first kappa shape index (κ1) is 22.1. The molecule has 3 heterocycles. The number of nitrogens with one attached hydrogen (secondary N) is 1. The second-order valence-electron chi connectivity index (χ2n) is 10.8. The molecule has 7 nitrogen and oxygen atoms in total. The lowest BCUT2D eigenvalue weighted by Gasteiger charge is -2.48. The molecule has 3 atom stereocenters. The van der Waals surface area contributed by atoms with Crippen LogP contribution in [0.2, 0.25) is 0 Å². The Kier molecular flexibility index (Phi) is 5.86. The van der Waals surface area contributed by atoms with Crippen LogP contribution in [0.3, 0.4) is 0 Å². The molecule has 1 aromatic rings. The Morgan fingerprint density at radius 2 is 1.88 bits per heavy atom. The second kappa shape index (κ2) is 9.00. The zero-order chi connectivity index (χ0) is 23.2. The molecular weight excluding hydrogens is 430 g/mol. The Bertz CT molecular complexity index is 984. The fraction of sp³-hybridized carbons (Fsp3) is 0.630. The Hall–Kier alpha value is -2.38. The number of hydrogen-bond acceptors (Lipinski definition) is 5. The molecule has 2 aliphatic carbocycles. The fourth-order valence-electron chi connectivity index (χ4n) is 5.91. The van der Waals surface area contributed by atoms with E-state index in [1.54, 1.807) is 4.90 Å². The summed E-state index contributed by atoms with van der Waals surface area (Å²) in [6.07, 6.45) is 9.21. The third-order valence-corrected chi connectivity index (χ3v) is 8.17. The van der Waals surface area contributed by atoms with Crippen molar-refractivity contribution in [3.63, 3.8) is 0 Å². The van der Waals surface area contributed by atoms with Gasteiger partial charge in [0.05, 0.1) is 6.10 Å². The van der Waals surface area contributed by atoms with Gasteiger partial charge >= 0.3 is 0 Å². The molecule has 182 valence electrons. The molecule has 0 bridgehead atoms. The number of piperidine rings is 1. The van der Waals surface area contributed by atoms with Gasteiger partial charge in [-0.15, -0.1) is 0 Å². The van der Waals surface area contributed by atoms with Crippen molar-refractivity contribution in [3.05, 3.63) is 41.6 Å². The number of carbonyl (C=O) groups excluding carboxylic acids is 2. The van der Waals surface area contributed by atoms with Crippen molar-refractivity contribution in [1.82, 2.24) is 15.1 Å². The van der Waals surface area contributed by atoms with Crippen LogP contribution in [0.15, 0.2) is 30.5 Å². The molecule has 4 fully saturated rings. The molecule has 1 N–H and O–H groups in total. The van der Waals surface area contributed by atoms with Gasteiger partial charge in [0.2, 0.25) is 5.91 Å². The predicted octanol–water partition coefficient (Wildman–Crippen LogP) is 3.24. The molecule has 6 rings (SSSR count). The number of fused-ring (bicyclic) bond motifs is 1. The molecule has 0 radical (unpaired) electrons. The van der Waals surface area contributed by atoms with Crippen LogP contribution in [0.5, 0.6) is 5.75 Å². The highest BCUT2D eigenvalue weighted by Gasteiger charge is 2.41. The molecule has 2 saturated heterocycles. The lowest BCUT2D eigenvalue weighted by atomic mass is 9.89. The summed E-state index contributed by atoms with van der Waals surface area (Å²) in [5.74, 6) is 1.44. The number of benzene rings is 1. The van der Waals surface area contributed by atoms with Crippen molar-refractivity contribution in [2.75, 3.05) is 19.7 Å². The smallest absolute Gasteiger partial charge is 0.255 e. The van der Waals surface area contributed by atoms with Gasteiger partial charge in [-0.2, -0.15) is 0 Å². The van der Waals surface area contributed by atoms with Crippen LogP contribution in [0.4, 0.5) is 0 Å². The zero-order valence-corrected chi connectivity index (χ0v) is 19.8. The minimum absolute atomic E-state index is 0.0671. The highest BCUT2D eigenvalue weighted by molar-refractivity contribution is 6.01. The second-order valence-corrected chi connectivity index (χ2v) is 10.8. The Labute approximate surface area is 201 Å². The number of nitrogens with zero attached hydrogens (tertiary/aromatic N) is 2. The van der Waals surface area contributed by atoms with Crippen molar-refractivity contribution < 1.29 is 19.1 Å². The fourth-order valence-corrected chi connectivity index (χ4v) is 5.91. The maximum absolute atomic E-state index is 13.0. The van der Waals surface area contributed by atoms with Crippen LogP contribution < -0.4 is 10.1 Å². The minimum atomic E-state index is -0.431. The van der Waals surface area contributed by atoms with Gasteiger partial charge in [0, 0.05) is 43.5 Å². The van der Waals surface area contributed by atoms with Gasteiger partial charge < -0.3 is 19.7 Å². The highest BCUT2D eigenvalue weighted by atomic mass is 16.5. The van der Waals surface area contributed by atoms with Crippen molar-refractivity contribution in [2.45, 2.75) is 82.2 Å². The lowest BCUT2D eigenvalue weighted by Crippen LogP contribution is -2.61. The first-order valence-electron chi connectivity index (χ1n) is 13.0. The summed E-state index contributed by atoms with van der Waals surface area (Å²) in [6.45, 7) is 7.26. The molecule has 34 heavy (non-hydrogen) atoms. The molecule has 0 spiro atoms. The van der Waals surface area contributed by atoms with Crippen LogP contribution in [0.25, 0.3) is 0 Å². The average molecular weight is 466 g/mol. The molecule has 2 saturated carbocycles. The van der Waals surface area contributed by atoms with E-state index in [-0.39, 0.29) is 17.9 Å². The molecule has 3 aliphatic heterocycles. The van der Waals surface area contributed by atoms with E-state index in [9.17, 15) is 9.59 Å². The van der Waals surface area contributed by atoms with E-state index in [1.165, 1.54) is 32.1 Å². The van der Waals surface area contributed by atoms with E-state index in [0.29, 0.717) is 37.1 Å². The maximum atomic E-state index is 13.0. The monoisotopic (exact) mass is 465 g/mol. The van der Waals surface area contributed by atoms with Gasteiger partial charge in [-0.1, -0.05) is 13.0 Å². The van der Waals surface area contributed by atoms with Crippen LogP contribution in [0, 0.1) is 5.92 Å². The van der Waals surface area contributed by atoms with Crippen molar-refractivity contribution >= 4 is 11.8 Å². The number of allylic oxidation sites excluding steroid dienone is 1. The van der Waals surface area contributed by atoms with Crippen molar-refractivity contribution in [1.29, 1.82) is 0 Å². The van der Waals surface area contributed by atoms with Crippen LogP contribution in [0.1, 0.15) is 67.3 Å². The van der Waals surface area contributed by atoms with Crippen molar-refractivity contribution in [2.24, 2.45) is 5.92 Å². The quantitative estimate of drug-likeness (QED) is 0.670. The van der Waals surface area contributed by atoms with E-state index in [4.69, 9.17) is 9.47 Å². The molecule has 2 amide bonds. The van der Waals surface area contributed by atoms with Gasteiger partial charge in [-0.05, 0) is 74.6 Å². The van der Waals surface area contributed by atoms with E-state index >= 15 is 0 Å². The summed E-state index contributed by atoms with van der Waals surface area (Å²) in [5.41, 5.74) is 2.36. The van der Waals surface area contributed by atoms with Gasteiger partial charge in [0.25, 0.3) is 5.91 Å². The summed E-state index contributed by atoms with van der Waals surface area (Å²) in [4.78, 5) is 29.7. The van der Waals surface area contributed by atoms with Crippen LogP contribution in [-0.2, 0) is 16.1 Å². The van der Waals surface area contributed by atoms with E-state index < -0.39 is 6.04 Å².